The van der Waals surface area contributed by atoms with E-state index in [9.17, 15) is 0 Å². The third kappa shape index (κ3) is 3.87. The molecule has 0 aromatic carbocycles. The molecule has 1 heterocycles. The minimum atomic E-state index is 0.766. The Balaban J connectivity index is 2.11. The first-order valence-corrected chi connectivity index (χ1v) is 5.77. The highest BCUT2D eigenvalue weighted by Gasteiger charge is 2.15. The highest BCUT2D eigenvalue weighted by molar-refractivity contribution is 9.09. The van der Waals surface area contributed by atoms with Crippen molar-refractivity contribution in [1.29, 1.82) is 0 Å². The third-order valence-electron chi connectivity index (χ3n) is 2.29. The van der Waals surface area contributed by atoms with Crippen molar-refractivity contribution in [2.24, 2.45) is 5.92 Å². The number of hydrogen-bond donors (Lipinski definition) is 0. The maximum Gasteiger partial charge on any atom is 0.0506 e. The molecule has 0 bridgehead atoms. The fourth-order valence-electron chi connectivity index (χ4n) is 1.63. The lowest BCUT2D eigenvalue weighted by Crippen LogP contribution is -2.31. The highest BCUT2D eigenvalue weighted by atomic mass is 79.9. The minimum Gasteiger partial charge on any atom is -0.381 e. The van der Waals surface area contributed by atoms with E-state index in [4.69, 9.17) is 4.74 Å². The fourth-order valence-corrected chi connectivity index (χ4v) is 2.23. The van der Waals surface area contributed by atoms with Crippen LogP contribution in [0.4, 0.5) is 0 Å². The molecule has 1 aliphatic rings. The molecule has 0 aliphatic carbocycles. The molecule has 72 valence electrons. The second-order valence-electron chi connectivity index (χ2n) is 3.53. The molecule has 0 radical (unpaired) electrons. The van der Waals surface area contributed by atoms with Crippen molar-refractivity contribution < 1.29 is 4.74 Å². The van der Waals surface area contributed by atoms with E-state index < -0.39 is 0 Å². The Kier molecular flexibility index (Phi) is 5.19. The van der Waals surface area contributed by atoms with Gasteiger partial charge >= 0.3 is 0 Å². The molecule has 12 heavy (non-hydrogen) atoms. The highest BCUT2D eigenvalue weighted by Crippen LogP contribution is 2.14. The largest absolute Gasteiger partial charge is 0.381 e. The summed E-state index contributed by atoms with van der Waals surface area (Å²) >= 11 is 3.44. The summed E-state index contributed by atoms with van der Waals surface area (Å²) in [6.07, 6.45) is 2.58. The van der Waals surface area contributed by atoms with Gasteiger partial charge in [0, 0.05) is 25.0 Å². The minimum absolute atomic E-state index is 0.766. The first-order chi connectivity index (χ1) is 5.83. The second-order valence-corrected chi connectivity index (χ2v) is 4.33. The topological polar surface area (TPSA) is 12.5 Å². The van der Waals surface area contributed by atoms with Gasteiger partial charge in [-0.3, -0.25) is 0 Å². The van der Waals surface area contributed by atoms with Crippen LogP contribution in [0.2, 0.25) is 0 Å². The van der Waals surface area contributed by atoms with Gasteiger partial charge in [-0.05, 0) is 25.8 Å². The van der Waals surface area contributed by atoms with Gasteiger partial charge in [0.1, 0.15) is 0 Å². The van der Waals surface area contributed by atoms with Crippen LogP contribution in [-0.4, -0.2) is 43.6 Å². The van der Waals surface area contributed by atoms with Crippen molar-refractivity contribution in [1.82, 2.24) is 4.90 Å². The summed E-state index contributed by atoms with van der Waals surface area (Å²) < 4.78 is 5.42. The van der Waals surface area contributed by atoms with Crippen LogP contribution >= 0.6 is 15.9 Å². The Morgan fingerprint density at radius 3 is 3.00 bits per heavy atom. The molecule has 1 unspecified atom stereocenters. The molecule has 3 heteroatoms. The molecule has 1 saturated heterocycles. The van der Waals surface area contributed by atoms with Gasteiger partial charge in [0.2, 0.25) is 0 Å². The number of hydrogen-bond acceptors (Lipinski definition) is 2. The summed E-state index contributed by atoms with van der Waals surface area (Å²) in [6, 6.07) is 0. The number of halogens is 1. The summed E-state index contributed by atoms with van der Waals surface area (Å²) in [7, 11) is 2.18. The van der Waals surface area contributed by atoms with E-state index in [0.717, 1.165) is 31.0 Å². The van der Waals surface area contributed by atoms with Crippen molar-refractivity contribution in [2.75, 3.05) is 38.7 Å². The molecule has 1 fully saturated rings. The molecule has 0 saturated carbocycles. The predicted octanol–water partition coefficient (Wildman–Crippen LogP) is 1.74. The maximum atomic E-state index is 5.42. The standard InChI is InChI=1S/C9H18BrNO/c1-11(5-4-10)7-9-3-2-6-12-8-9/h9H,2-8H2,1H3. The average molecular weight is 236 g/mol. The third-order valence-corrected chi connectivity index (χ3v) is 2.65. The zero-order valence-electron chi connectivity index (χ0n) is 7.76. The van der Waals surface area contributed by atoms with Crippen molar-refractivity contribution in [3.63, 3.8) is 0 Å². The Morgan fingerprint density at radius 2 is 2.42 bits per heavy atom. The van der Waals surface area contributed by atoms with Crippen LogP contribution in [0, 0.1) is 5.92 Å². The summed E-state index contributed by atoms with van der Waals surface area (Å²) in [5.41, 5.74) is 0. The Bertz CT molecular complexity index is 115. The van der Waals surface area contributed by atoms with E-state index in [2.05, 4.69) is 27.9 Å². The number of rotatable bonds is 4. The smallest absolute Gasteiger partial charge is 0.0506 e. The molecule has 0 N–H and O–H groups in total. The van der Waals surface area contributed by atoms with E-state index >= 15 is 0 Å². The van der Waals surface area contributed by atoms with Gasteiger partial charge in [0.05, 0.1) is 6.61 Å². The molecule has 1 aliphatic heterocycles. The fraction of sp³-hybridized carbons (Fsp3) is 1.00. The SMILES string of the molecule is CN(CCBr)CC1CCCOC1. The lowest BCUT2D eigenvalue weighted by Gasteiger charge is -2.26. The number of nitrogens with zero attached hydrogens (tertiary/aromatic N) is 1. The maximum absolute atomic E-state index is 5.42. The Hall–Kier alpha value is 0.400. The van der Waals surface area contributed by atoms with E-state index in [1.165, 1.54) is 19.4 Å². The van der Waals surface area contributed by atoms with Crippen LogP contribution in [0.3, 0.4) is 0 Å². The first-order valence-electron chi connectivity index (χ1n) is 4.65. The van der Waals surface area contributed by atoms with Crippen LogP contribution in [0.1, 0.15) is 12.8 Å². The van der Waals surface area contributed by atoms with Crippen molar-refractivity contribution in [2.45, 2.75) is 12.8 Å². The quantitative estimate of drug-likeness (QED) is 0.689. The number of alkyl halides is 1. The molecule has 0 aromatic rings. The lowest BCUT2D eigenvalue weighted by atomic mass is 10.0. The van der Waals surface area contributed by atoms with Crippen LogP contribution < -0.4 is 0 Å². The molecule has 0 spiro atoms. The van der Waals surface area contributed by atoms with Gasteiger partial charge in [-0.25, -0.2) is 0 Å². The van der Waals surface area contributed by atoms with Crippen molar-refractivity contribution in [3.05, 3.63) is 0 Å². The summed E-state index contributed by atoms with van der Waals surface area (Å²) in [6.45, 7) is 4.26. The Labute approximate surface area is 83.4 Å². The summed E-state index contributed by atoms with van der Waals surface area (Å²) in [4.78, 5) is 2.37. The van der Waals surface area contributed by atoms with Crippen molar-refractivity contribution >= 4 is 15.9 Å². The van der Waals surface area contributed by atoms with Gasteiger partial charge in [-0.2, -0.15) is 0 Å². The summed E-state index contributed by atoms with van der Waals surface area (Å²) in [5, 5.41) is 1.07. The Morgan fingerprint density at radius 1 is 1.58 bits per heavy atom. The molecular weight excluding hydrogens is 218 g/mol. The van der Waals surface area contributed by atoms with Gasteiger partial charge in [-0.1, -0.05) is 15.9 Å². The van der Waals surface area contributed by atoms with E-state index in [1.807, 2.05) is 0 Å². The molecule has 1 atom stereocenters. The van der Waals surface area contributed by atoms with E-state index in [-0.39, 0.29) is 0 Å². The van der Waals surface area contributed by atoms with E-state index in [1.54, 1.807) is 0 Å². The van der Waals surface area contributed by atoms with Crippen LogP contribution in [-0.2, 0) is 4.74 Å². The lowest BCUT2D eigenvalue weighted by molar-refractivity contribution is 0.0428. The van der Waals surface area contributed by atoms with Crippen LogP contribution in [0.25, 0.3) is 0 Å². The summed E-state index contributed by atoms with van der Waals surface area (Å²) in [5.74, 6) is 0.766. The normalized spacial score (nSPS) is 24.8. The average Bonchev–Trinajstić information content (AvgIpc) is 2.06. The molecule has 0 aromatic heterocycles. The van der Waals surface area contributed by atoms with Gasteiger partial charge < -0.3 is 9.64 Å². The predicted molar refractivity (Wildman–Crippen MR) is 54.8 cm³/mol. The van der Waals surface area contributed by atoms with E-state index in [0.29, 0.717) is 0 Å². The van der Waals surface area contributed by atoms with Crippen molar-refractivity contribution in [3.8, 4) is 0 Å². The molecule has 1 rings (SSSR count). The first kappa shape index (κ1) is 10.5. The monoisotopic (exact) mass is 235 g/mol. The van der Waals surface area contributed by atoms with Crippen LogP contribution in [0.5, 0.6) is 0 Å². The molecular formula is C9H18BrNO. The van der Waals surface area contributed by atoms with Gasteiger partial charge in [-0.15, -0.1) is 0 Å². The van der Waals surface area contributed by atoms with Gasteiger partial charge in [0.25, 0.3) is 0 Å². The zero-order chi connectivity index (χ0) is 8.81. The number of ether oxygens (including phenoxy) is 1. The molecule has 2 nitrogen and oxygen atoms in total. The molecule has 0 amide bonds. The van der Waals surface area contributed by atoms with Gasteiger partial charge in [0.15, 0.2) is 0 Å². The second kappa shape index (κ2) is 5.95. The zero-order valence-corrected chi connectivity index (χ0v) is 9.35. The van der Waals surface area contributed by atoms with Crippen LogP contribution in [0.15, 0.2) is 0 Å².